The van der Waals surface area contributed by atoms with Gasteiger partial charge in [0.05, 0.1) is 39.1 Å². The highest BCUT2D eigenvalue weighted by Crippen LogP contribution is 2.39. The minimum Gasteiger partial charge on any atom is -0.493 e. The third kappa shape index (κ3) is 6.45. The summed E-state index contributed by atoms with van der Waals surface area (Å²) in [5.41, 5.74) is 2.81. The van der Waals surface area contributed by atoms with E-state index in [2.05, 4.69) is 5.32 Å². The summed E-state index contributed by atoms with van der Waals surface area (Å²) in [5, 5.41) is 3.48. The summed E-state index contributed by atoms with van der Waals surface area (Å²) in [7, 11) is 6.24. The Hall–Kier alpha value is -3.71. The normalized spacial score (nSPS) is 10.8. The quantitative estimate of drug-likeness (QED) is 0.254. The second-order valence-corrected chi connectivity index (χ2v) is 7.95. The second-order valence-electron chi connectivity index (χ2n) is 7.54. The van der Waals surface area contributed by atoms with Crippen LogP contribution in [-0.4, -0.2) is 34.2 Å². The first-order chi connectivity index (χ1) is 16.9. The average Bonchev–Trinajstić information content (AvgIpc) is 2.86. The topological polar surface area (TPSA) is 66.0 Å². The Morgan fingerprint density at radius 1 is 0.886 bits per heavy atom. The fourth-order valence-electron chi connectivity index (χ4n) is 3.62. The Bertz CT molecular complexity index is 1200. The molecule has 35 heavy (non-hydrogen) atoms. The molecule has 0 atom stereocenters. The van der Waals surface area contributed by atoms with Gasteiger partial charge in [-0.05, 0) is 60.4 Å². The van der Waals surface area contributed by atoms with Crippen LogP contribution in [0.3, 0.4) is 0 Å². The van der Waals surface area contributed by atoms with E-state index in [0.29, 0.717) is 46.5 Å². The molecule has 0 heterocycles. The molecule has 0 saturated heterocycles. The Morgan fingerprint density at radius 3 is 2.09 bits per heavy atom. The first-order valence-corrected chi connectivity index (χ1v) is 11.2. The number of aryl methyl sites for hydroxylation is 2. The summed E-state index contributed by atoms with van der Waals surface area (Å²) < 4.78 is 35.1. The van der Waals surface area contributed by atoms with E-state index in [1.54, 1.807) is 27.4 Å². The van der Waals surface area contributed by atoms with Gasteiger partial charge in [0, 0.05) is 17.8 Å². The Labute approximate surface area is 209 Å². The van der Waals surface area contributed by atoms with Gasteiger partial charge in [-0.25, -0.2) is 4.39 Å². The van der Waals surface area contributed by atoms with Crippen molar-refractivity contribution in [2.24, 2.45) is 0 Å². The molecule has 0 unspecified atom stereocenters. The fourth-order valence-corrected chi connectivity index (χ4v) is 3.94. The maximum Gasteiger partial charge on any atom is 0.203 e. The van der Waals surface area contributed by atoms with Gasteiger partial charge in [0.2, 0.25) is 5.75 Å². The molecule has 3 aromatic carbocycles. The van der Waals surface area contributed by atoms with Crippen LogP contribution in [0.1, 0.15) is 21.5 Å². The van der Waals surface area contributed by atoms with Crippen LogP contribution in [0.2, 0.25) is 5.02 Å². The molecular weight excluding hydrogens is 473 g/mol. The van der Waals surface area contributed by atoms with Gasteiger partial charge in [-0.2, -0.15) is 0 Å². The van der Waals surface area contributed by atoms with Crippen LogP contribution in [0.25, 0.3) is 0 Å². The van der Waals surface area contributed by atoms with Crippen LogP contribution in [0.5, 0.6) is 23.0 Å². The van der Waals surface area contributed by atoms with Gasteiger partial charge < -0.3 is 24.3 Å². The molecule has 1 N–H and O–H groups in total. The van der Waals surface area contributed by atoms with Crippen molar-refractivity contribution in [3.8, 4) is 23.0 Å². The summed E-state index contributed by atoms with van der Waals surface area (Å²) in [6.45, 7) is 0. The number of halogens is 2. The van der Waals surface area contributed by atoms with Gasteiger partial charge in [-0.15, -0.1) is 0 Å². The van der Waals surface area contributed by atoms with Crippen molar-refractivity contribution in [1.82, 2.24) is 0 Å². The highest BCUT2D eigenvalue weighted by molar-refractivity contribution is 6.32. The van der Waals surface area contributed by atoms with Gasteiger partial charge in [-0.3, -0.25) is 4.79 Å². The number of methoxy groups -OCH3 is 4. The van der Waals surface area contributed by atoms with E-state index in [4.69, 9.17) is 30.5 Å². The Kier molecular flexibility index (Phi) is 8.98. The number of nitrogens with one attached hydrogen (secondary N) is 1. The molecule has 0 aliphatic heterocycles. The van der Waals surface area contributed by atoms with Crippen molar-refractivity contribution in [1.29, 1.82) is 0 Å². The molecule has 0 radical (unpaired) electrons. The van der Waals surface area contributed by atoms with Gasteiger partial charge in [-0.1, -0.05) is 23.7 Å². The number of anilines is 1. The number of benzene rings is 3. The molecule has 0 aromatic heterocycles. The van der Waals surface area contributed by atoms with E-state index in [1.807, 2.05) is 24.3 Å². The Morgan fingerprint density at radius 2 is 1.51 bits per heavy atom. The number of ether oxygens (including phenoxy) is 4. The lowest BCUT2D eigenvalue weighted by Crippen LogP contribution is -2.01. The third-order valence-corrected chi connectivity index (χ3v) is 5.60. The monoisotopic (exact) mass is 499 g/mol. The maximum atomic E-state index is 13.4. The number of hydrogen-bond acceptors (Lipinski definition) is 6. The third-order valence-electron chi connectivity index (χ3n) is 5.32. The van der Waals surface area contributed by atoms with E-state index >= 15 is 0 Å². The van der Waals surface area contributed by atoms with Crippen LogP contribution in [0.4, 0.5) is 10.1 Å². The van der Waals surface area contributed by atoms with Crippen molar-refractivity contribution >= 4 is 23.1 Å². The summed E-state index contributed by atoms with van der Waals surface area (Å²) in [4.78, 5) is 12.3. The van der Waals surface area contributed by atoms with Crippen LogP contribution < -0.4 is 24.3 Å². The summed E-state index contributed by atoms with van der Waals surface area (Å²) in [6, 6.07) is 13.1. The number of allylic oxidation sites excluding steroid dienone is 1. The molecule has 3 aromatic rings. The van der Waals surface area contributed by atoms with E-state index in [0.717, 1.165) is 11.1 Å². The molecular formula is C27H27ClFNO5. The summed E-state index contributed by atoms with van der Waals surface area (Å²) in [6.07, 6.45) is 4.16. The lowest BCUT2D eigenvalue weighted by molar-refractivity contribution is 0.104. The van der Waals surface area contributed by atoms with E-state index in [9.17, 15) is 9.18 Å². The largest absolute Gasteiger partial charge is 0.493 e. The highest BCUT2D eigenvalue weighted by Gasteiger charge is 2.14. The van der Waals surface area contributed by atoms with Crippen LogP contribution in [0, 0.1) is 5.82 Å². The van der Waals surface area contributed by atoms with Gasteiger partial charge in [0.1, 0.15) is 5.82 Å². The molecule has 0 aliphatic carbocycles. The molecule has 0 amide bonds. The Balaban J connectivity index is 1.78. The zero-order chi connectivity index (χ0) is 25.4. The zero-order valence-corrected chi connectivity index (χ0v) is 20.7. The van der Waals surface area contributed by atoms with Crippen molar-refractivity contribution < 1.29 is 28.1 Å². The predicted molar refractivity (Wildman–Crippen MR) is 135 cm³/mol. The van der Waals surface area contributed by atoms with Crippen molar-refractivity contribution in [2.45, 2.75) is 12.8 Å². The molecule has 6 nitrogen and oxygen atoms in total. The molecule has 0 fully saturated rings. The first kappa shape index (κ1) is 25.9. The lowest BCUT2D eigenvalue weighted by Gasteiger charge is -2.15. The van der Waals surface area contributed by atoms with Gasteiger partial charge >= 0.3 is 0 Å². The molecule has 0 aliphatic rings. The SMILES string of the molecule is COc1cc(CCc2cc(Cl)c(OC)c(N/C=C\C(=O)c3cccc(F)c3)c2)cc(OC)c1OC. The number of carbonyl (C=O) groups is 1. The predicted octanol–water partition coefficient (Wildman–Crippen LogP) is 6.11. The maximum absolute atomic E-state index is 13.4. The van der Waals surface area contributed by atoms with Crippen molar-refractivity contribution in [2.75, 3.05) is 33.8 Å². The van der Waals surface area contributed by atoms with Crippen molar-refractivity contribution in [3.63, 3.8) is 0 Å². The molecule has 184 valence electrons. The van der Waals surface area contributed by atoms with Gasteiger partial charge in [0.25, 0.3) is 0 Å². The first-order valence-electron chi connectivity index (χ1n) is 10.8. The van der Waals surface area contributed by atoms with Crippen LogP contribution in [0.15, 0.2) is 60.8 Å². The highest BCUT2D eigenvalue weighted by atomic mass is 35.5. The van der Waals surface area contributed by atoms with E-state index in [-0.39, 0.29) is 11.3 Å². The fraction of sp³-hybridized carbons (Fsp3) is 0.222. The second kappa shape index (κ2) is 12.1. The van der Waals surface area contributed by atoms with Crippen LogP contribution >= 0.6 is 11.6 Å². The zero-order valence-electron chi connectivity index (χ0n) is 20.0. The van der Waals surface area contributed by atoms with Gasteiger partial charge in [0.15, 0.2) is 23.0 Å². The molecule has 0 saturated carbocycles. The molecule has 0 spiro atoms. The number of hydrogen-bond donors (Lipinski definition) is 1. The average molecular weight is 500 g/mol. The minimum atomic E-state index is -0.467. The summed E-state index contributed by atoms with van der Waals surface area (Å²) in [5.74, 6) is 1.37. The standard InChI is InChI=1S/C27H27ClFNO5/c1-32-24-14-18(15-25(33-2)27(24)35-4)9-8-17-12-21(28)26(34-3)22(13-17)30-11-10-23(31)19-6-5-7-20(29)16-19/h5-7,10-16,30H,8-9H2,1-4H3/b11-10-. The number of ketones is 1. The van der Waals surface area contributed by atoms with E-state index < -0.39 is 5.82 Å². The number of carbonyl (C=O) groups excluding carboxylic acids is 1. The van der Waals surface area contributed by atoms with Crippen LogP contribution in [-0.2, 0) is 12.8 Å². The smallest absolute Gasteiger partial charge is 0.203 e. The molecule has 0 bridgehead atoms. The number of rotatable bonds is 11. The van der Waals surface area contributed by atoms with E-state index in [1.165, 1.54) is 37.6 Å². The molecule has 8 heteroatoms. The summed E-state index contributed by atoms with van der Waals surface area (Å²) >= 11 is 6.45. The van der Waals surface area contributed by atoms with Crippen molar-refractivity contribution in [3.05, 3.63) is 88.3 Å². The minimum absolute atomic E-state index is 0.257. The molecule has 3 rings (SSSR count). The lowest BCUT2D eigenvalue weighted by atomic mass is 10.0.